The summed E-state index contributed by atoms with van der Waals surface area (Å²) in [6.45, 7) is 1.89. The molecule has 0 N–H and O–H groups in total. The largest absolute Gasteiger partial charge is 0.573 e. The first-order chi connectivity index (χ1) is 15.1. The van der Waals surface area contributed by atoms with E-state index in [9.17, 15) is 21.6 Å². The Bertz CT molecular complexity index is 1230. The summed E-state index contributed by atoms with van der Waals surface area (Å²) in [6.07, 6.45) is 0.187. The van der Waals surface area contributed by atoms with Crippen LogP contribution in [0.2, 0.25) is 0 Å². The molecule has 1 aliphatic rings. The molecule has 7 nitrogen and oxygen atoms in total. The van der Waals surface area contributed by atoms with E-state index in [-0.39, 0.29) is 10.9 Å². The van der Waals surface area contributed by atoms with Gasteiger partial charge in [-0.3, -0.25) is 9.88 Å². The lowest BCUT2D eigenvalue weighted by atomic mass is 10.1. The fourth-order valence-corrected chi connectivity index (χ4v) is 3.99. The predicted molar refractivity (Wildman–Crippen MR) is 109 cm³/mol. The number of halogens is 3. The zero-order valence-electron chi connectivity index (χ0n) is 17.0. The molecule has 4 rings (SSSR count). The lowest BCUT2D eigenvalue weighted by molar-refractivity contribution is -0.274. The van der Waals surface area contributed by atoms with Crippen LogP contribution in [0.3, 0.4) is 0 Å². The quantitative estimate of drug-likeness (QED) is 0.535. The number of hydrogen-bond donors (Lipinski definition) is 0. The van der Waals surface area contributed by atoms with Gasteiger partial charge in [-0.2, -0.15) is 0 Å². The normalized spacial score (nSPS) is 14.8. The van der Waals surface area contributed by atoms with Gasteiger partial charge in [0, 0.05) is 55.8 Å². The second-order valence-electron chi connectivity index (χ2n) is 7.48. The number of ether oxygens (including phenoxy) is 1. The molecule has 1 aromatic carbocycles. The van der Waals surface area contributed by atoms with Crippen LogP contribution in [-0.2, 0) is 29.3 Å². The topological polar surface area (TPSA) is 85.3 Å². The Morgan fingerprint density at radius 2 is 1.94 bits per heavy atom. The summed E-state index contributed by atoms with van der Waals surface area (Å²) in [7, 11) is -3.44. The number of hydrogen-bond acceptors (Lipinski definition) is 7. The third-order valence-electron chi connectivity index (χ3n) is 4.92. The first kappa shape index (κ1) is 22.2. The average Bonchev–Trinajstić information content (AvgIpc) is 2.72. The number of sulfone groups is 1. The molecule has 168 valence electrons. The minimum atomic E-state index is -4.75. The van der Waals surface area contributed by atoms with E-state index in [2.05, 4.69) is 24.6 Å². The van der Waals surface area contributed by atoms with E-state index in [1.165, 1.54) is 18.2 Å². The first-order valence-corrected chi connectivity index (χ1v) is 11.5. The molecule has 0 saturated carbocycles. The standard InChI is InChI=1S/C21H19F3N4O3S/c1-32(29,30)20-26-11-16-13-28(8-7-19(16)27-20)12-14-5-6-18(25-10-14)15-3-2-4-17(9-15)31-21(22,23)24/h2-6,9-11H,7-8,12-13H2,1H3. The van der Waals surface area contributed by atoms with Gasteiger partial charge in [0.2, 0.25) is 15.0 Å². The highest BCUT2D eigenvalue weighted by atomic mass is 32.2. The Balaban J connectivity index is 1.43. The Labute approximate surface area is 182 Å². The van der Waals surface area contributed by atoms with Gasteiger partial charge in [0.05, 0.1) is 11.4 Å². The monoisotopic (exact) mass is 464 g/mol. The van der Waals surface area contributed by atoms with Crippen molar-refractivity contribution >= 4 is 9.84 Å². The average molecular weight is 464 g/mol. The van der Waals surface area contributed by atoms with Gasteiger partial charge >= 0.3 is 6.36 Å². The molecule has 32 heavy (non-hydrogen) atoms. The van der Waals surface area contributed by atoms with Crippen LogP contribution in [-0.4, -0.2) is 47.4 Å². The van der Waals surface area contributed by atoms with E-state index in [0.717, 1.165) is 23.1 Å². The van der Waals surface area contributed by atoms with E-state index in [1.54, 1.807) is 24.5 Å². The molecular formula is C21H19F3N4O3S. The molecule has 0 radical (unpaired) electrons. The van der Waals surface area contributed by atoms with Crippen molar-refractivity contribution in [2.75, 3.05) is 12.8 Å². The summed E-state index contributed by atoms with van der Waals surface area (Å²) in [5.74, 6) is -0.297. The molecule has 11 heteroatoms. The molecule has 0 saturated heterocycles. The number of rotatable bonds is 5. The van der Waals surface area contributed by atoms with Gasteiger partial charge in [0.1, 0.15) is 5.75 Å². The van der Waals surface area contributed by atoms with Gasteiger partial charge < -0.3 is 4.74 Å². The fourth-order valence-electron chi connectivity index (χ4n) is 3.47. The van der Waals surface area contributed by atoms with Crippen LogP contribution in [0.15, 0.2) is 53.9 Å². The molecule has 2 aromatic heterocycles. The Morgan fingerprint density at radius 1 is 1.12 bits per heavy atom. The molecule has 0 atom stereocenters. The van der Waals surface area contributed by atoms with Crippen LogP contribution >= 0.6 is 0 Å². The van der Waals surface area contributed by atoms with Crippen molar-refractivity contribution in [2.45, 2.75) is 31.0 Å². The molecule has 3 aromatic rings. The highest BCUT2D eigenvalue weighted by Gasteiger charge is 2.31. The van der Waals surface area contributed by atoms with Gasteiger partial charge in [-0.25, -0.2) is 18.4 Å². The number of aromatic nitrogens is 3. The zero-order valence-corrected chi connectivity index (χ0v) is 17.8. The maximum Gasteiger partial charge on any atom is 0.573 e. The number of fused-ring (bicyclic) bond motifs is 1. The number of benzene rings is 1. The Kier molecular flexibility index (Phi) is 5.87. The zero-order chi connectivity index (χ0) is 22.9. The highest BCUT2D eigenvalue weighted by molar-refractivity contribution is 7.90. The number of alkyl halides is 3. The molecule has 0 aliphatic carbocycles. The Morgan fingerprint density at radius 3 is 2.62 bits per heavy atom. The molecule has 0 bridgehead atoms. The molecule has 0 amide bonds. The van der Waals surface area contributed by atoms with Gasteiger partial charge in [-0.15, -0.1) is 13.2 Å². The van der Waals surface area contributed by atoms with E-state index in [1.807, 2.05) is 6.07 Å². The predicted octanol–water partition coefficient (Wildman–Crippen LogP) is 3.40. The lowest BCUT2D eigenvalue weighted by Gasteiger charge is -2.27. The van der Waals surface area contributed by atoms with Crippen molar-refractivity contribution in [1.82, 2.24) is 19.9 Å². The van der Waals surface area contributed by atoms with Crippen molar-refractivity contribution in [3.05, 3.63) is 65.6 Å². The summed E-state index contributed by atoms with van der Waals surface area (Å²) < 4.78 is 64.5. The van der Waals surface area contributed by atoms with Crippen molar-refractivity contribution in [3.63, 3.8) is 0 Å². The molecular weight excluding hydrogens is 445 g/mol. The molecule has 3 heterocycles. The van der Waals surface area contributed by atoms with Gasteiger partial charge in [0.25, 0.3) is 0 Å². The molecule has 1 aliphatic heterocycles. The van der Waals surface area contributed by atoms with E-state index in [0.29, 0.717) is 37.3 Å². The van der Waals surface area contributed by atoms with Crippen molar-refractivity contribution in [2.24, 2.45) is 0 Å². The van der Waals surface area contributed by atoms with E-state index < -0.39 is 16.2 Å². The number of nitrogens with zero attached hydrogens (tertiary/aromatic N) is 4. The molecule has 0 unspecified atom stereocenters. The van der Waals surface area contributed by atoms with E-state index in [4.69, 9.17) is 0 Å². The molecule has 0 fully saturated rings. The maximum absolute atomic E-state index is 12.4. The van der Waals surface area contributed by atoms with Gasteiger partial charge in [0.15, 0.2) is 0 Å². The molecule has 0 spiro atoms. The van der Waals surface area contributed by atoms with Crippen LogP contribution in [0.5, 0.6) is 5.75 Å². The van der Waals surface area contributed by atoms with Crippen molar-refractivity contribution in [1.29, 1.82) is 0 Å². The maximum atomic E-state index is 12.4. The fraction of sp³-hybridized carbons (Fsp3) is 0.286. The third kappa shape index (κ3) is 5.40. The first-order valence-electron chi connectivity index (χ1n) is 9.65. The van der Waals surface area contributed by atoms with Gasteiger partial charge in [-0.1, -0.05) is 18.2 Å². The van der Waals surface area contributed by atoms with Crippen molar-refractivity contribution in [3.8, 4) is 17.0 Å². The Hall–Kier alpha value is -3.05. The lowest BCUT2D eigenvalue weighted by Crippen LogP contribution is -2.31. The second-order valence-corrected chi connectivity index (χ2v) is 9.39. The highest BCUT2D eigenvalue weighted by Crippen LogP contribution is 2.27. The van der Waals surface area contributed by atoms with Crippen LogP contribution < -0.4 is 4.74 Å². The van der Waals surface area contributed by atoms with Crippen LogP contribution in [0, 0.1) is 0 Å². The second kappa shape index (κ2) is 8.47. The number of pyridine rings is 1. The summed E-state index contributed by atoms with van der Waals surface area (Å²) >= 11 is 0. The van der Waals surface area contributed by atoms with Crippen LogP contribution in [0.4, 0.5) is 13.2 Å². The third-order valence-corrected chi connectivity index (χ3v) is 5.78. The summed E-state index contributed by atoms with van der Waals surface area (Å²) in [5, 5.41) is -0.158. The van der Waals surface area contributed by atoms with Crippen LogP contribution in [0.1, 0.15) is 16.8 Å². The van der Waals surface area contributed by atoms with E-state index >= 15 is 0 Å². The minimum Gasteiger partial charge on any atom is -0.406 e. The van der Waals surface area contributed by atoms with Crippen LogP contribution in [0.25, 0.3) is 11.3 Å². The summed E-state index contributed by atoms with van der Waals surface area (Å²) in [5.41, 5.74) is 3.62. The smallest absolute Gasteiger partial charge is 0.406 e. The van der Waals surface area contributed by atoms with Gasteiger partial charge in [-0.05, 0) is 23.8 Å². The van der Waals surface area contributed by atoms with Crippen molar-refractivity contribution < 1.29 is 26.3 Å². The minimum absolute atomic E-state index is 0.158. The summed E-state index contributed by atoms with van der Waals surface area (Å²) in [6, 6.07) is 9.30. The SMILES string of the molecule is CS(=O)(=O)c1ncc2c(n1)CCN(Cc1ccc(-c3cccc(OC(F)(F)F)c3)nc1)C2. The summed E-state index contributed by atoms with van der Waals surface area (Å²) in [4.78, 5) is 14.7.